The van der Waals surface area contributed by atoms with Gasteiger partial charge < -0.3 is 15.7 Å². The summed E-state index contributed by atoms with van der Waals surface area (Å²) in [4.78, 5) is 24.4. The molecule has 0 bridgehead atoms. The van der Waals surface area contributed by atoms with E-state index in [9.17, 15) is 14.7 Å². The molecule has 3 N–H and O–H groups in total. The molecule has 110 valence electrons. The van der Waals surface area contributed by atoms with Gasteiger partial charge in [-0.15, -0.1) is 11.3 Å². The summed E-state index contributed by atoms with van der Waals surface area (Å²) in [6.07, 6.45) is 3.64. The minimum atomic E-state index is -1.08. The van der Waals surface area contributed by atoms with Crippen LogP contribution in [0.5, 0.6) is 0 Å². The first kappa shape index (κ1) is 14.8. The number of nitrogens with one attached hydrogen (secondary N) is 2. The molecule has 6 heteroatoms. The molecule has 1 heterocycles. The lowest BCUT2D eigenvalue weighted by Crippen LogP contribution is -2.55. The zero-order valence-corrected chi connectivity index (χ0v) is 12.4. The van der Waals surface area contributed by atoms with E-state index in [0.29, 0.717) is 19.4 Å². The Morgan fingerprint density at radius 3 is 2.70 bits per heavy atom. The van der Waals surface area contributed by atoms with Crippen LogP contribution in [-0.2, 0) is 17.8 Å². The first-order valence-electron chi connectivity index (χ1n) is 6.92. The number of aryl methyl sites for hydroxylation is 1. The highest BCUT2D eigenvalue weighted by Gasteiger charge is 2.42. The van der Waals surface area contributed by atoms with Crippen molar-refractivity contribution >= 4 is 23.3 Å². The maximum Gasteiger partial charge on any atom is 0.329 e. The van der Waals surface area contributed by atoms with Gasteiger partial charge in [0.1, 0.15) is 5.54 Å². The first-order chi connectivity index (χ1) is 9.57. The summed E-state index contributed by atoms with van der Waals surface area (Å²) >= 11 is 1.61. The van der Waals surface area contributed by atoms with Crippen LogP contribution < -0.4 is 10.6 Å². The molecule has 2 rings (SSSR count). The van der Waals surface area contributed by atoms with Gasteiger partial charge in [-0.2, -0.15) is 0 Å². The molecule has 0 aromatic carbocycles. The summed E-state index contributed by atoms with van der Waals surface area (Å²) < 4.78 is 0. The Kier molecular flexibility index (Phi) is 4.65. The maximum atomic E-state index is 11.9. The van der Waals surface area contributed by atoms with Crippen LogP contribution in [0.3, 0.4) is 0 Å². The van der Waals surface area contributed by atoms with Crippen LogP contribution in [0, 0.1) is 0 Å². The number of amides is 2. The molecular weight excluding hydrogens is 276 g/mol. The third-order valence-electron chi connectivity index (χ3n) is 3.85. The van der Waals surface area contributed by atoms with E-state index in [2.05, 4.69) is 23.6 Å². The molecule has 0 unspecified atom stereocenters. The van der Waals surface area contributed by atoms with E-state index in [1.165, 1.54) is 5.56 Å². The van der Waals surface area contributed by atoms with Gasteiger partial charge in [0.15, 0.2) is 0 Å². The molecule has 0 saturated heterocycles. The fourth-order valence-electron chi connectivity index (χ4n) is 2.63. The van der Waals surface area contributed by atoms with Gasteiger partial charge in [0.25, 0.3) is 0 Å². The predicted octanol–water partition coefficient (Wildman–Crippen LogP) is 2.51. The van der Waals surface area contributed by atoms with Gasteiger partial charge in [-0.25, -0.2) is 9.59 Å². The average molecular weight is 296 g/mol. The van der Waals surface area contributed by atoms with Gasteiger partial charge in [-0.1, -0.05) is 19.8 Å². The third-order valence-corrected chi connectivity index (χ3v) is 4.81. The van der Waals surface area contributed by atoms with Crippen molar-refractivity contribution in [3.05, 3.63) is 21.9 Å². The highest BCUT2D eigenvalue weighted by molar-refractivity contribution is 7.10. The van der Waals surface area contributed by atoms with Gasteiger partial charge in [0.05, 0.1) is 6.54 Å². The van der Waals surface area contributed by atoms with Crippen LogP contribution >= 0.6 is 11.3 Å². The Labute approximate surface area is 122 Å². The molecule has 20 heavy (non-hydrogen) atoms. The molecule has 1 fully saturated rings. The Bertz CT molecular complexity index is 492. The lowest BCUT2D eigenvalue weighted by Gasteiger charge is -2.25. The molecule has 1 aromatic rings. The zero-order valence-electron chi connectivity index (χ0n) is 11.6. The van der Waals surface area contributed by atoms with E-state index in [1.807, 2.05) is 5.38 Å². The van der Waals surface area contributed by atoms with E-state index in [1.54, 1.807) is 11.3 Å². The predicted molar refractivity (Wildman–Crippen MR) is 77.9 cm³/mol. The SMILES string of the molecule is CCc1ccsc1CNC(=O)NC1(C(=O)O)CCCC1. The second-order valence-electron chi connectivity index (χ2n) is 5.12. The first-order valence-corrected chi connectivity index (χ1v) is 7.80. The summed E-state index contributed by atoms with van der Waals surface area (Å²) in [5.41, 5.74) is 0.150. The second kappa shape index (κ2) is 6.26. The van der Waals surface area contributed by atoms with E-state index in [-0.39, 0.29) is 0 Å². The lowest BCUT2D eigenvalue weighted by atomic mass is 9.98. The van der Waals surface area contributed by atoms with Gasteiger partial charge in [-0.05, 0) is 36.3 Å². The number of carbonyl (C=O) groups excluding carboxylic acids is 1. The van der Waals surface area contributed by atoms with Crippen molar-refractivity contribution in [2.75, 3.05) is 0 Å². The molecular formula is C14H20N2O3S. The third kappa shape index (κ3) is 3.12. The fourth-order valence-corrected chi connectivity index (χ4v) is 3.55. The number of hydrogen-bond donors (Lipinski definition) is 3. The smallest absolute Gasteiger partial charge is 0.329 e. The van der Waals surface area contributed by atoms with Crippen molar-refractivity contribution in [1.29, 1.82) is 0 Å². The summed E-state index contributed by atoms with van der Waals surface area (Å²) in [5, 5.41) is 16.7. The van der Waals surface area contributed by atoms with Crippen LogP contribution in [0.1, 0.15) is 43.0 Å². The van der Waals surface area contributed by atoms with Crippen molar-refractivity contribution in [1.82, 2.24) is 10.6 Å². The summed E-state index contributed by atoms with van der Waals surface area (Å²) in [6, 6.07) is 1.65. The normalized spacial score (nSPS) is 16.9. The van der Waals surface area contributed by atoms with Crippen LogP contribution in [0.25, 0.3) is 0 Å². The molecule has 1 aliphatic rings. The topological polar surface area (TPSA) is 78.4 Å². The van der Waals surface area contributed by atoms with Gasteiger partial charge in [0, 0.05) is 4.88 Å². The van der Waals surface area contributed by atoms with Crippen LogP contribution in [0.15, 0.2) is 11.4 Å². The molecule has 0 spiro atoms. The Hall–Kier alpha value is -1.56. The van der Waals surface area contributed by atoms with Gasteiger partial charge in [0.2, 0.25) is 0 Å². The van der Waals surface area contributed by atoms with Gasteiger partial charge >= 0.3 is 12.0 Å². The molecule has 1 aliphatic carbocycles. The number of carboxylic acid groups (broad SMARTS) is 1. The van der Waals surface area contributed by atoms with Crippen LogP contribution in [-0.4, -0.2) is 22.6 Å². The number of urea groups is 1. The highest BCUT2D eigenvalue weighted by Crippen LogP contribution is 2.29. The summed E-state index contributed by atoms with van der Waals surface area (Å²) in [5.74, 6) is -0.935. The minimum Gasteiger partial charge on any atom is -0.480 e. The number of carbonyl (C=O) groups is 2. The largest absolute Gasteiger partial charge is 0.480 e. The molecule has 2 amide bonds. The van der Waals surface area contributed by atoms with Crippen LogP contribution in [0.4, 0.5) is 4.79 Å². The van der Waals surface area contributed by atoms with E-state index in [0.717, 1.165) is 24.1 Å². The number of hydrogen-bond acceptors (Lipinski definition) is 3. The summed E-state index contributed by atoms with van der Waals surface area (Å²) in [7, 11) is 0. The summed E-state index contributed by atoms with van der Waals surface area (Å²) in [6.45, 7) is 2.52. The van der Waals surface area contributed by atoms with Crippen molar-refractivity contribution in [3.8, 4) is 0 Å². The number of aliphatic carboxylic acids is 1. The molecule has 1 saturated carbocycles. The average Bonchev–Trinajstić information content (AvgIpc) is 3.05. The van der Waals surface area contributed by atoms with Crippen molar-refractivity contribution < 1.29 is 14.7 Å². The number of carboxylic acids is 1. The molecule has 5 nitrogen and oxygen atoms in total. The van der Waals surface area contributed by atoms with Crippen molar-refractivity contribution in [2.24, 2.45) is 0 Å². The lowest BCUT2D eigenvalue weighted by molar-refractivity contribution is -0.144. The van der Waals surface area contributed by atoms with Crippen LogP contribution in [0.2, 0.25) is 0 Å². The number of rotatable bonds is 5. The quantitative estimate of drug-likeness (QED) is 0.781. The Morgan fingerprint density at radius 1 is 1.40 bits per heavy atom. The van der Waals surface area contributed by atoms with Gasteiger partial charge in [-0.3, -0.25) is 0 Å². The Balaban J connectivity index is 1.91. The highest BCUT2D eigenvalue weighted by atomic mass is 32.1. The number of thiophene rings is 1. The maximum absolute atomic E-state index is 11.9. The van der Waals surface area contributed by atoms with E-state index in [4.69, 9.17) is 0 Å². The second-order valence-corrected chi connectivity index (χ2v) is 6.13. The fraction of sp³-hybridized carbons (Fsp3) is 0.571. The molecule has 0 atom stereocenters. The van der Waals surface area contributed by atoms with E-state index < -0.39 is 17.5 Å². The molecule has 0 aliphatic heterocycles. The zero-order chi connectivity index (χ0) is 14.6. The molecule has 1 aromatic heterocycles. The standard InChI is InChI=1S/C14H20N2O3S/c1-2-10-5-8-20-11(10)9-15-13(19)16-14(12(17)18)6-3-4-7-14/h5,8H,2-4,6-7,9H2,1H3,(H,17,18)(H2,15,16,19). The van der Waals surface area contributed by atoms with E-state index >= 15 is 0 Å². The van der Waals surface area contributed by atoms with Crippen molar-refractivity contribution in [2.45, 2.75) is 51.1 Å². The molecule has 0 radical (unpaired) electrons. The monoisotopic (exact) mass is 296 g/mol. The van der Waals surface area contributed by atoms with Crippen molar-refractivity contribution in [3.63, 3.8) is 0 Å². The Morgan fingerprint density at radius 2 is 2.10 bits per heavy atom. The minimum absolute atomic E-state index is 0.398.